The minimum absolute atomic E-state index is 0.0270. The first kappa shape index (κ1) is 21.2. The third-order valence-corrected chi connectivity index (χ3v) is 10.9. The molecule has 1 aromatic heterocycles. The van der Waals surface area contributed by atoms with Crippen LogP contribution in [0.15, 0.2) is 42.7 Å². The Bertz CT molecular complexity index is 770. The van der Waals surface area contributed by atoms with E-state index in [1.54, 1.807) is 10.9 Å². The molecule has 0 saturated carbocycles. The molecule has 1 N–H and O–H groups in total. The lowest BCUT2D eigenvalue weighted by Crippen LogP contribution is -2.44. The molecule has 2 heterocycles. The summed E-state index contributed by atoms with van der Waals surface area (Å²) in [6.07, 6.45) is 4.11. The SMILES string of the molecule is Cn1cc(C(O)C2CC(O[Si](C)(C)C(C)(C)C)CN2Cc2ccccc2)cn1. The minimum atomic E-state index is -1.86. The van der Waals surface area contributed by atoms with Gasteiger partial charge < -0.3 is 9.53 Å². The van der Waals surface area contributed by atoms with E-state index < -0.39 is 14.4 Å². The predicted octanol–water partition coefficient (Wildman–Crippen LogP) is 4.12. The van der Waals surface area contributed by atoms with E-state index in [0.29, 0.717) is 0 Å². The van der Waals surface area contributed by atoms with Crippen molar-refractivity contribution in [1.29, 1.82) is 0 Å². The van der Waals surface area contributed by atoms with Crippen LogP contribution in [0.3, 0.4) is 0 Å². The third kappa shape index (κ3) is 4.74. The van der Waals surface area contributed by atoms with Crippen LogP contribution in [0.5, 0.6) is 0 Å². The van der Waals surface area contributed by atoms with E-state index in [1.165, 1.54) is 5.56 Å². The van der Waals surface area contributed by atoms with Gasteiger partial charge in [-0.05, 0) is 30.1 Å². The molecular weight excluding hydrogens is 366 g/mol. The number of benzene rings is 1. The van der Waals surface area contributed by atoms with Crippen LogP contribution in [0.1, 0.15) is 44.4 Å². The van der Waals surface area contributed by atoms with Gasteiger partial charge >= 0.3 is 0 Å². The Labute approximate surface area is 170 Å². The zero-order valence-corrected chi connectivity index (χ0v) is 19.1. The van der Waals surface area contributed by atoms with Crippen molar-refractivity contribution in [3.8, 4) is 0 Å². The van der Waals surface area contributed by atoms with Gasteiger partial charge in [0.1, 0.15) is 0 Å². The largest absolute Gasteiger partial charge is 0.413 e. The molecule has 154 valence electrons. The smallest absolute Gasteiger partial charge is 0.192 e. The Hall–Kier alpha value is -1.47. The molecule has 3 rings (SSSR count). The average Bonchev–Trinajstić information content (AvgIpc) is 3.20. The van der Waals surface area contributed by atoms with Crippen molar-refractivity contribution in [2.75, 3.05) is 6.54 Å². The normalized spacial score (nSPS) is 22.5. The number of rotatable bonds is 6. The number of aromatic nitrogens is 2. The molecule has 0 radical (unpaired) electrons. The predicted molar refractivity (Wildman–Crippen MR) is 115 cm³/mol. The van der Waals surface area contributed by atoms with Crippen molar-refractivity contribution >= 4 is 8.32 Å². The van der Waals surface area contributed by atoms with Crippen molar-refractivity contribution in [3.05, 3.63) is 53.9 Å². The maximum atomic E-state index is 11.1. The summed E-state index contributed by atoms with van der Waals surface area (Å²) in [5.41, 5.74) is 2.14. The summed E-state index contributed by atoms with van der Waals surface area (Å²) in [6, 6.07) is 10.5. The lowest BCUT2D eigenvalue weighted by Gasteiger charge is -2.38. The first-order valence-electron chi connectivity index (χ1n) is 10.2. The summed E-state index contributed by atoms with van der Waals surface area (Å²) in [5, 5.41) is 15.5. The molecule has 0 bridgehead atoms. The summed E-state index contributed by atoms with van der Waals surface area (Å²) >= 11 is 0. The molecule has 1 saturated heterocycles. The Balaban J connectivity index is 1.80. The highest BCUT2D eigenvalue weighted by Gasteiger charge is 2.44. The molecule has 1 aromatic carbocycles. The highest BCUT2D eigenvalue weighted by molar-refractivity contribution is 6.74. The Morgan fingerprint density at radius 2 is 1.93 bits per heavy atom. The standard InChI is InChI=1S/C22H35N3O2Si/c1-22(2,3)28(5,6)27-19-12-20(21(26)18-13-23-24(4)15-18)25(16-19)14-17-10-8-7-9-11-17/h7-11,13,15,19-21,26H,12,14,16H2,1-6H3. The molecule has 6 heteroatoms. The molecule has 3 unspecified atom stereocenters. The maximum absolute atomic E-state index is 11.1. The van der Waals surface area contributed by atoms with Gasteiger partial charge in [-0.25, -0.2) is 0 Å². The van der Waals surface area contributed by atoms with Gasteiger partial charge in [0, 0.05) is 37.9 Å². The average molecular weight is 402 g/mol. The van der Waals surface area contributed by atoms with Crippen LogP contribution in [-0.2, 0) is 18.0 Å². The number of nitrogens with zero attached hydrogens (tertiary/aromatic N) is 3. The van der Waals surface area contributed by atoms with E-state index in [1.807, 2.05) is 19.3 Å². The molecule has 28 heavy (non-hydrogen) atoms. The zero-order valence-electron chi connectivity index (χ0n) is 18.1. The number of likely N-dealkylation sites (tertiary alicyclic amines) is 1. The van der Waals surface area contributed by atoms with Gasteiger partial charge in [-0.15, -0.1) is 0 Å². The van der Waals surface area contributed by atoms with Gasteiger partial charge in [0.25, 0.3) is 0 Å². The van der Waals surface area contributed by atoms with Gasteiger partial charge in [0.05, 0.1) is 18.4 Å². The van der Waals surface area contributed by atoms with Crippen LogP contribution in [-0.4, -0.2) is 46.8 Å². The van der Waals surface area contributed by atoms with Crippen LogP contribution in [0.2, 0.25) is 18.1 Å². The highest BCUT2D eigenvalue weighted by atomic mass is 28.4. The third-order valence-electron chi connectivity index (χ3n) is 6.34. The maximum Gasteiger partial charge on any atom is 0.192 e. The van der Waals surface area contributed by atoms with E-state index in [-0.39, 0.29) is 17.2 Å². The fourth-order valence-corrected chi connectivity index (χ4v) is 5.07. The number of hydrogen-bond donors (Lipinski definition) is 1. The minimum Gasteiger partial charge on any atom is -0.413 e. The molecule has 2 aromatic rings. The quantitative estimate of drug-likeness (QED) is 0.740. The van der Waals surface area contributed by atoms with Gasteiger partial charge in [-0.1, -0.05) is 51.1 Å². The Morgan fingerprint density at radius 1 is 1.25 bits per heavy atom. The second kappa shape index (κ2) is 8.11. The summed E-state index contributed by atoms with van der Waals surface area (Å²) < 4.78 is 8.47. The number of aliphatic hydroxyl groups excluding tert-OH is 1. The number of aryl methyl sites for hydroxylation is 1. The Morgan fingerprint density at radius 3 is 2.50 bits per heavy atom. The second-order valence-corrected chi connectivity index (χ2v) is 14.4. The fraction of sp³-hybridized carbons (Fsp3) is 0.591. The van der Waals surface area contributed by atoms with Crippen molar-refractivity contribution in [3.63, 3.8) is 0 Å². The molecule has 5 nitrogen and oxygen atoms in total. The van der Waals surface area contributed by atoms with E-state index >= 15 is 0 Å². The summed E-state index contributed by atoms with van der Waals surface area (Å²) in [4.78, 5) is 2.38. The van der Waals surface area contributed by atoms with E-state index in [4.69, 9.17) is 4.43 Å². The van der Waals surface area contributed by atoms with Gasteiger partial charge in [0.15, 0.2) is 8.32 Å². The molecule has 1 fully saturated rings. The first-order valence-corrected chi connectivity index (χ1v) is 13.1. The summed E-state index contributed by atoms with van der Waals surface area (Å²) in [7, 11) is 0.0290. The van der Waals surface area contributed by atoms with Gasteiger partial charge in [-0.2, -0.15) is 5.10 Å². The van der Waals surface area contributed by atoms with E-state index in [0.717, 1.165) is 25.1 Å². The van der Waals surface area contributed by atoms with Crippen molar-refractivity contribution < 1.29 is 9.53 Å². The molecule has 0 amide bonds. The van der Waals surface area contributed by atoms with Crippen LogP contribution in [0, 0.1) is 0 Å². The topological polar surface area (TPSA) is 50.5 Å². The number of aliphatic hydroxyl groups is 1. The first-order chi connectivity index (χ1) is 13.1. The molecule has 1 aliphatic heterocycles. The second-order valence-electron chi connectivity index (χ2n) is 9.61. The molecule has 1 aliphatic rings. The monoisotopic (exact) mass is 401 g/mol. The van der Waals surface area contributed by atoms with Crippen molar-refractivity contribution in [2.24, 2.45) is 7.05 Å². The number of hydrogen-bond acceptors (Lipinski definition) is 4. The van der Waals surface area contributed by atoms with E-state index in [9.17, 15) is 5.11 Å². The molecular formula is C22H35N3O2Si. The van der Waals surface area contributed by atoms with E-state index in [2.05, 4.69) is 68.1 Å². The fourth-order valence-electron chi connectivity index (χ4n) is 3.71. The van der Waals surface area contributed by atoms with Gasteiger partial charge in [0.2, 0.25) is 0 Å². The molecule has 0 aliphatic carbocycles. The molecule has 3 atom stereocenters. The summed E-state index contributed by atoms with van der Waals surface area (Å²) in [5.74, 6) is 0. The zero-order chi connectivity index (χ0) is 20.5. The lowest BCUT2D eigenvalue weighted by molar-refractivity contribution is 0.0688. The van der Waals surface area contributed by atoms with Crippen LogP contribution >= 0.6 is 0 Å². The van der Waals surface area contributed by atoms with Crippen molar-refractivity contribution in [2.45, 2.75) is 70.1 Å². The van der Waals surface area contributed by atoms with Crippen LogP contribution in [0.4, 0.5) is 0 Å². The van der Waals surface area contributed by atoms with Crippen LogP contribution < -0.4 is 0 Å². The lowest BCUT2D eigenvalue weighted by atomic mass is 10.0. The van der Waals surface area contributed by atoms with Gasteiger partial charge in [-0.3, -0.25) is 9.58 Å². The molecule has 0 spiro atoms. The van der Waals surface area contributed by atoms with Crippen molar-refractivity contribution in [1.82, 2.24) is 14.7 Å². The summed E-state index contributed by atoms with van der Waals surface area (Å²) in [6.45, 7) is 13.1. The highest BCUT2D eigenvalue weighted by Crippen LogP contribution is 2.40. The Kier molecular flexibility index (Phi) is 6.15. The van der Waals surface area contributed by atoms with Crippen LogP contribution in [0.25, 0.3) is 0 Å².